The van der Waals surface area contributed by atoms with Gasteiger partial charge in [-0.2, -0.15) is 15.0 Å². The lowest BCUT2D eigenvalue weighted by Gasteiger charge is -2.09. The van der Waals surface area contributed by atoms with Crippen LogP contribution in [0.2, 0.25) is 0 Å². The number of aryl methyl sites for hydroxylation is 1. The molecule has 1 heterocycles. The second-order valence-electron chi connectivity index (χ2n) is 4.17. The molecule has 5 N–H and O–H groups in total. The molecule has 0 spiro atoms. The van der Waals surface area contributed by atoms with Crippen molar-refractivity contribution in [1.82, 2.24) is 15.0 Å². The Balaban J connectivity index is 2.58. The molecule has 1 aromatic heterocycles. The van der Waals surface area contributed by atoms with Crippen LogP contribution in [0.5, 0.6) is 5.75 Å². The maximum absolute atomic E-state index is 9.96. The summed E-state index contributed by atoms with van der Waals surface area (Å²) in [5.41, 5.74) is 13.3. The SMILES string of the molecule is C=CCc1cc(-c2nc(N)nc(N)n2)cc(C)c1O. The van der Waals surface area contributed by atoms with Crippen LogP contribution in [0.15, 0.2) is 24.8 Å². The molecule has 0 radical (unpaired) electrons. The van der Waals surface area contributed by atoms with E-state index in [0.717, 1.165) is 16.7 Å². The number of nitrogens with two attached hydrogens (primary N) is 2. The lowest BCUT2D eigenvalue weighted by atomic mass is 10.0. The molecule has 0 aliphatic carbocycles. The van der Waals surface area contributed by atoms with E-state index in [-0.39, 0.29) is 17.6 Å². The third kappa shape index (κ3) is 2.62. The van der Waals surface area contributed by atoms with Crippen molar-refractivity contribution < 1.29 is 5.11 Å². The first-order valence-electron chi connectivity index (χ1n) is 5.72. The summed E-state index contributed by atoms with van der Waals surface area (Å²) in [6, 6.07) is 3.56. The summed E-state index contributed by atoms with van der Waals surface area (Å²) in [6.45, 7) is 5.47. The van der Waals surface area contributed by atoms with Gasteiger partial charge >= 0.3 is 0 Å². The quantitative estimate of drug-likeness (QED) is 0.717. The van der Waals surface area contributed by atoms with Gasteiger partial charge in [-0.3, -0.25) is 0 Å². The molecule has 6 heteroatoms. The Morgan fingerprint density at radius 1 is 1.21 bits per heavy atom. The number of aromatic nitrogens is 3. The third-order valence-corrected chi connectivity index (χ3v) is 2.67. The van der Waals surface area contributed by atoms with E-state index >= 15 is 0 Å². The standard InChI is InChI=1S/C13H15N5O/c1-3-4-8-6-9(5-7(2)10(8)19)11-16-12(14)18-13(15)17-11/h3,5-6,19H,1,4H2,2H3,(H4,14,15,16,17,18). The maximum Gasteiger partial charge on any atom is 0.225 e. The molecular formula is C13H15N5O. The molecule has 0 saturated heterocycles. The Bertz CT molecular complexity index is 619. The van der Waals surface area contributed by atoms with Gasteiger partial charge in [-0.15, -0.1) is 6.58 Å². The second-order valence-corrected chi connectivity index (χ2v) is 4.17. The van der Waals surface area contributed by atoms with Gasteiger partial charge in [0.2, 0.25) is 11.9 Å². The Labute approximate surface area is 110 Å². The number of nitrogen functional groups attached to an aromatic ring is 2. The third-order valence-electron chi connectivity index (χ3n) is 2.67. The normalized spacial score (nSPS) is 10.4. The summed E-state index contributed by atoms with van der Waals surface area (Å²) in [7, 11) is 0. The zero-order valence-electron chi connectivity index (χ0n) is 10.6. The van der Waals surface area contributed by atoms with Gasteiger partial charge in [-0.25, -0.2) is 0 Å². The van der Waals surface area contributed by atoms with E-state index in [9.17, 15) is 5.11 Å². The molecule has 1 aromatic carbocycles. The first-order chi connectivity index (χ1) is 9.01. The van der Waals surface area contributed by atoms with Crippen molar-refractivity contribution in [2.75, 3.05) is 11.5 Å². The molecule has 0 aliphatic heterocycles. The summed E-state index contributed by atoms with van der Waals surface area (Å²) in [4.78, 5) is 11.8. The van der Waals surface area contributed by atoms with E-state index in [0.29, 0.717) is 12.2 Å². The predicted molar refractivity (Wildman–Crippen MR) is 74.4 cm³/mol. The van der Waals surface area contributed by atoms with Crippen LogP contribution in [0.1, 0.15) is 11.1 Å². The summed E-state index contributed by atoms with van der Waals surface area (Å²) in [5, 5.41) is 9.96. The van der Waals surface area contributed by atoms with Crippen LogP contribution in [-0.4, -0.2) is 20.1 Å². The Morgan fingerprint density at radius 2 is 1.84 bits per heavy atom. The smallest absolute Gasteiger partial charge is 0.225 e. The molecule has 2 rings (SSSR count). The summed E-state index contributed by atoms with van der Waals surface area (Å²) >= 11 is 0. The Kier molecular flexibility index (Phi) is 3.33. The van der Waals surface area contributed by atoms with Gasteiger partial charge in [0.15, 0.2) is 5.82 Å². The highest BCUT2D eigenvalue weighted by molar-refractivity contribution is 5.62. The average molecular weight is 257 g/mol. The number of phenols is 1. The van der Waals surface area contributed by atoms with Gasteiger partial charge < -0.3 is 16.6 Å². The fraction of sp³-hybridized carbons (Fsp3) is 0.154. The average Bonchev–Trinajstić information content (AvgIpc) is 2.33. The fourth-order valence-corrected chi connectivity index (χ4v) is 1.83. The molecule has 0 bridgehead atoms. The zero-order valence-corrected chi connectivity index (χ0v) is 10.6. The highest BCUT2D eigenvalue weighted by Crippen LogP contribution is 2.29. The lowest BCUT2D eigenvalue weighted by Crippen LogP contribution is -2.04. The van der Waals surface area contributed by atoms with Crippen LogP contribution in [0.4, 0.5) is 11.9 Å². The molecule has 0 atom stereocenters. The van der Waals surface area contributed by atoms with Crippen molar-refractivity contribution in [2.45, 2.75) is 13.3 Å². The number of nitrogens with zero attached hydrogens (tertiary/aromatic N) is 3. The molecule has 2 aromatic rings. The van der Waals surface area contributed by atoms with E-state index in [4.69, 9.17) is 11.5 Å². The molecule has 6 nitrogen and oxygen atoms in total. The summed E-state index contributed by atoms with van der Waals surface area (Å²) in [6.07, 6.45) is 2.27. The molecule has 0 fully saturated rings. The second kappa shape index (κ2) is 4.93. The Morgan fingerprint density at radius 3 is 2.42 bits per heavy atom. The minimum absolute atomic E-state index is 0.0681. The minimum atomic E-state index is 0.0681. The van der Waals surface area contributed by atoms with E-state index in [2.05, 4.69) is 21.5 Å². The summed E-state index contributed by atoms with van der Waals surface area (Å²) < 4.78 is 0. The first-order valence-corrected chi connectivity index (χ1v) is 5.72. The van der Waals surface area contributed by atoms with Crippen molar-refractivity contribution in [3.63, 3.8) is 0 Å². The van der Waals surface area contributed by atoms with E-state index in [1.807, 2.05) is 0 Å². The van der Waals surface area contributed by atoms with Crippen molar-refractivity contribution in [3.05, 3.63) is 35.9 Å². The van der Waals surface area contributed by atoms with Gasteiger partial charge in [-0.05, 0) is 36.6 Å². The van der Waals surface area contributed by atoms with Crippen molar-refractivity contribution in [2.24, 2.45) is 0 Å². The van der Waals surface area contributed by atoms with Gasteiger partial charge in [0.1, 0.15) is 5.75 Å². The first kappa shape index (κ1) is 12.8. The van der Waals surface area contributed by atoms with Crippen molar-refractivity contribution >= 4 is 11.9 Å². The minimum Gasteiger partial charge on any atom is -0.507 e. The van der Waals surface area contributed by atoms with Crippen LogP contribution in [0.3, 0.4) is 0 Å². The van der Waals surface area contributed by atoms with Crippen LogP contribution < -0.4 is 11.5 Å². The number of benzene rings is 1. The van der Waals surface area contributed by atoms with Gasteiger partial charge in [-0.1, -0.05) is 6.08 Å². The number of phenolic OH excluding ortho intramolecular Hbond substituents is 1. The van der Waals surface area contributed by atoms with Crippen LogP contribution >= 0.6 is 0 Å². The number of hydrogen-bond acceptors (Lipinski definition) is 6. The molecule has 0 unspecified atom stereocenters. The highest BCUT2D eigenvalue weighted by Gasteiger charge is 2.11. The van der Waals surface area contributed by atoms with Crippen LogP contribution in [-0.2, 0) is 6.42 Å². The van der Waals surface area contributed by atoms with E-state index in [1.54, 1.807) is 25.1 Å². The Hall–Kier alpha value is -2.63. The van der Waals surface area contributed by atoms with Gasteiger partial charge in [0.25, 0.3) is 0 Å². The maximum atomic E-state index is 9.96. The van der Waals surface area contributed by atoms with Crippen LogP contribution in [0.25, 0.3) is 11.4 Å². The fourth-order valence-electron chi connectivity index (χ4n) is 1.83. The zero-order chi connectivity index (χ0) is 14.0. The van der Waals surface area contributed by atoms with E-state index in [1.165, 1.54) is 0 Å². The molecule has 98 valence electrons. The number of allylic oxidation sites excluding steroid dienone is 1. The monoisotopic (exact) mass is 257 g/mol. The molecule has 0 saturated carbocycles. The van der Waals surface area contributed by atoms with Crippen LogP contribution in [0, 0.1) is 6.92 Å². The predicted octanol–water partition coefficient (Wildman–Crippen LogP) is 1.45. The van der Waals surface area contributed by atoms with Crippen molar-refractivity contribution in [3.8, 4) is 17.1 Å². The van der Waals surface area contributed by atoms with Gasteiger partial charge in [0, 0.05) is 5.56 Å². The van der Waals surface area contributed by atoms with Gasteiger partial charge in [0.05, 0.1) is 0 Å². The number of rotatable bonds is 3. The molecule has 0 amide bonds. The molecule has 19 heavy (non-hydrogen) atoms. The molecular weight excluding hydrogens is 242 g/mol. The summed E-state index contributed by atoms with van der Waals surface area (Å²) in [5.74, 6) is 0.772. The van der Waals surface area contributed by atoms with E-state index < -0.39 is 0 Å². The van der Waals surface area contributed by atoms with Crippen molar-refractivity contribution in [1.29, 1.82) is 0 Å². The highest BCUT2D eigenvalue weighted by atomic mass is 16.3. The largest absolute Gasteiger partial charge is 0.507 e. The number of aromatic hydroxyl groups is 1. The lowest BCUT2D eigenvalue weighted by molar-refractivity contribution is 0.465. The molecule has 0 aliphatic rings. The number of hydrogen-bond donors (Lipinski definition) is 3. The number of anilines is 2. The topological polar surface area (TPSA) is 111 Å².